The Labute approximate surface area is 209 Å². The number of amides is 2. The van der Waals surface area contributed by atoms with Crippen LogP contribution in [0.1, 0.15) is 48.8 Å². The van der Waals surface area contributed by atoms with E-state index in [9.17, 15) is 35.9 Å². The van der Waals surface area contributed by atoms with Gasteiger partial charge < -0.3 is 15.1 Å². The molecule has 2 amide bonds. The van der Waals surface area contributed by atoms with Crippen LogP contribution in [0.5, 0.6) is 0 Å². The van der Waals surface area contributed by atoms with Gasteiger partial charge in [0, 0.05) is 19.6 Å². The number of hydrogen-bond donors (Lipinski definition) is 2. The number of rotatable bonds is 5. The largest absolute Gasteiger partial charge is 0.416 e. The van der Waals surface area contributed by atoms with Crippen LogP contribution in [0.4, 0.5) is 26.3 Å². The summed E-state index contributed by atoms with van der Waals surface area (Å²) in [7, 11) is 0. The third-order valence-electron chi connectivity index (χ3n) is 6.12. The number of hydrogen-bond acceptors (Lipinski definition) is 4. The molecule has 2 heterocycles. The maximum absolute atomic E-state index is 13.1. The molecule has 0 bridgehead atoms. The highest BCUT2D eigenvalue weighted by Gasteiger charge is 2.37. The molecule has 0 aliphatic carbocycles. The molecule has 0 aromatic heterocycles. The van der Waals surface area contributed by atoms with E-state index in [4.69, 9.17) is 5.26 Å². The summed E-state index contributed by atoms with van der Waals surface area (Å²) in [5.41, 5.74) is -3.34. The minimum absolute atomic E-state index is 0.0160. The lowest BCUT2D eigenvalue weighted by Gasteiger charge is -2.27. The monoisotopic (exact) mass is 532 g/mol. The minimum atomic E-state index is -5.01. The van der Waals surface area contributed by atoms with Crippen LogP contribution in [-0.2, 0) is 28.5 Å². The van der Waals surface area contributed by atoms with E-state index in [0.29, 0.717) is 51.0 Å². The van der Waals surface area contributed by atoms with Crippen molar-refractivity contribution in [1.29, 1.82) is 5.26 Å². The molecule has 0 radical (unpaired) electrons. The number of nitrogens with one attached hydrogen (secondary N) is 2. The highest BCUT2D eigenvalue weighted by atomic mass is 19.4. The topological polar surface area (TPSA) is 101 Å². The molecule has 1 atom stereocenters. The Morgan fingerprint density at radius 1 is 1.00 bits per heavy atom. The van der Waals surface area contributed by atoms with Crippen LogP contribution >= 0.6 is 0 Å². The highest BCUT2D eigenvalue weighted by molar-refractivity contribution is 5.92. The molecule has 2 saturated heterocycles. The highest BCUT2D eigenvalue weighted by Crippen LogP contribution is 2.36. The van der Waals surface area contributed by atoms with Crippen molar-refractivity contribution >= 4 is 17.8 Å². The summed E-state index contributed by atoms with van der Waals surface area (Å²) in [6.45, 7) is 0.912. The second-order valence-corrected chi connectivity index (χ2v) is 8.86. The van der Waals surface area contributed by atoms with Crippen molar-refractivity contribution in [2.24, 2.45) is 4.99 Å². The van der Waals surface area contributed by atoms with Crippen molar-refractivity contribution < 1.29 is 35.9 Å². The second kappa shape index (κ2) is 11.7. The number of benzene rings is 1. The first-order valence-corrected chi connectivity index (χ1v) is 11.7. The van der Waals surface area contributed by atoms with Crippen LogP contribution in [-0.4, -0.2) is 59.8 Å². The number of halogens is 6. The van der Waals surface area contributed by atoms with Gasteiger partial charge in [-0.2, -0.15) is 31.6 Å². The number of nitrogens with zero attached hydrogens (tertiary/aromatic N) is 4. The van der Waals surface area contributed by atoms with Gasteiger partial charge in [0.05, 0.1) is 24.2 Å². The fourth-order valence-electron chi connectivity index (χ4n) is 4.25. The Morgan fingerprint density at radius 3 is 2.16 bits per heavy atom. The van der Waals surface area contributed by atoms with Crippen LogP contribution < -0.4 is 10.6 Å². The van der Waals surface area contributed by atoms with Gasteiger partial charge in [-0.25, -0.2) is 4.99 Å². The lowest BCUT2D eigenvalue weighted by molar-refractivity contribution is -0.143. The fourth-order valence-corrected chi connectivity index (χ4v) is 4.25. The van der Waals surface area contributed by atoms with E-state index in [1.807, 2.05) is 0 Å². The first kappa shape index (κ1) is 28.1. The lowest BCUT2D eigenvalue weighted by atomic mass is 10.0. The van der Waals surface area contributed by atoms with Gasteiger partial charge >= 0.3 is 12.4 Å². The number of aliphatic imine (C=N–C) groups is 1. The van der Waals surface area contributed by atoms with Crippen LogP contribution in [0.3, 0.4) is 0 Å². The molecule has 2 aliphatic rings. The molecule has 1 aromatic carbocycles. The predicted molar refractivity (Wildman–Crippen MR) is 120 cm³/mol. The van der Waals surface area contributed by atoms with Gasteiger partial charge in [0.25, 0.3) is 0 Å². The van der Waals surface area contributed by atoms with Crippen molar-refractivity contribution in [2.75, 3.05) is 26.2 Å². The van der Waals surface area contributed by atoms with Crippen LogP contribution in [0.25, 0.3) is 0 Å². The standard InChI is InChI=1S/C23H26F6N6O2/c24-22(25,26)16-9-15(10-17(11-16)23(27,28)29)12-31-21(32-14-30)33-18-5-1-2-8-35(20(18)37)13-19(36)34-6-3-4-7-34/h9-11,18H,1-8,12-13H2,(H2,31,32,33)/t18-/m0/s1. The maximum atomic E-state index is 13.1. The molecular formula is C23H26F6N6O2. The summed E-state index contributed by atoms with van der Waals surface area (Å²) in [5, 5.41) is 14.0. The molecule has 1 aromatic rings. The number of alkyl halides is 6. The van der Waals surface area contributed by atoms with Crippen LogP contribution in [0, 0.1) is 11.5 Å². The second-order valence-electron chi connectivity index (χ2n) is 8.86. The predicted octanol–water partition coefficient (Wildman–Crippen LogP) is 3.24. The van der Waals surface area contributed by atoms with Crippen molar-refractivity contribution in [3.8, 4) is 6.19 Å². The Balaban J connectivity index is 1.77. The van der Waals surface area contributed by atoms with Gasteiger partial charge in [-0.15, -0.1) is 0 Å². The molecule has 202 valence electrons. The number of nitriles is 1. The molecule has 0 unspecified atom stereocenters. The van der Waals surface area contributed by atoms with Gasteiger partial charge in [-0.1, -0.05) is 0 Å². The molecule has 0 saturated carbocycles. The number of guanidine groups is 1. The zero-order valence-electron chi connectivity index (χ0n) is 19.8. The first-order valence-electron chi connectivity index (χ1n) is 11.7. The SMILES string of the molecule is N#CNC(=NCc1cc(C(F)(F)F)cc(C(F)(F)F)c1)N[C@H]1CCCCN(CC(=O)N2CCCC2)C1=O. The molecule has 8 nitrogen and oxygen atoms in total. The summed E-state index contributed by atoms with van der Waals surface area (Å²) in [6.07, 6.45) is -5.03. The Hall–Kier alpha value is -3.50. The minimum Gasteiger partial charge on any atom is -0.344 e. The van der Waals surface area contributed by atoms with Gasteiger partial charge in [-0.05, 0) is 55.9 Å². The Bertz CT molecular complexity index is 1030. The van der Waals surface area contributed by atoms with E-state index in [1.54, 1.807) is 11.1 Å². The summed E-state index contributed by atoms with van der Waals surface area (Å²) in [4.78, 5) is 32.7. The average Bonchev–Trinajstić information content (AvgIpc) is 3.31. The van der Waals surface area contributed by atoms with Crippen molar-refractivity contribution in [3.05, 3.63) is 34.9 Å². The number of likely N-dealkylation sites (tertiary alicyclic amines) is 2. The maximum Gasteiger partial charge on any atom is 0.416 e. The summed E-state index contributed by atoms with van der Waals surface area (Å²) >= 11 is 0. The number of carbonyl (C=O) groups is 2. The Morgan fingerprint density at radius 2 is 1.59 bits per heavy atom. The first-order chi connectivity index (χ1) is 17.4. The summed E-state index contributed by atoms with van der Waals surface area (Å²) in [6, 6.07) is 0.222. The molecule has 3 rings (SSSR count). The molecule has 14 heteroatoms. The van der Waals surface area contributed by atoms with Crippen molar-refractivity contribution in [2.45, 2.75) is 57.0 Å². The number of carbonyl (C=O) groups excluding carboxylic acids is 2. The van der Waals surface area contributed by atoms with Gasteiger partial charge in [0.2, 0.25) is 17.8 Å². The quantitative estimate of drug-likeness (QED) is 0.199. The van der Waals surface area contributed by atoms with Gasteiger partial charge in [0.1, 0.15) is 6.04 Å². The van der Waals surface area contributed by atoms with E-state index in [-0.39, 0.29) is 30.0 Å². The van der Waals surface area contributed by atoms with Crippen molar-refractivity contribution in [3.63, 3.8) is 0 Å². The summed E-state index contributed by atoms with van der Waals surface area (Å²) < 4.78 is 78.8. The van der Waals surface area contributed by atoms with E-state index < -0.39 is 42.0 Å². The van der Waals surface area contributed by atoms with Crippen LogP contribution in [0.15, 0.2) is 23.2 Å². The molecule has 2 fully saturated rings. The van der Waals surface area contributed by atoms with Crippen LogP contribution in [0.2, 0.25) is 0 Å². The molecular weight excluding hydrogens is 506 g/mol. The van der Waals surface area contributed by atoms with Gasteiger partial charge in [0.15, 0.2) is 6.19 Å². The van der Waals surface area contributed by atoms with E-state index in [0.717, 1.165) is 12.8 Å². The van der Waals surface area contributed by atoms with E-state index >= 15 is 0 Å². The molecule has 0 spiro atoms. The zero-order valence-corrected chi connectivity index (χ0v) is 19.8. The normalized spacial score (nSPS) is 19.4. The molecule has 2 aliphatic heterocycles. The third-order valence-corrected chi connectivity index (χ3v) is 6.12. The van der Waals surface area contributed by atoms with E-state index in [1.165, 1.54) is 4.90 Å². The molecule has 37 heavy (non-hydrogen) atoms. The Kier molecular flexibility index (Phi) is 8.88. The third kappa shape index (κ3) is 7.74. The lowest BCUT2D eigenvalue weighted by Crippen LogP contribution is -2.52. The average molecular weight is 532 g/mol. The van der Waals surface area contributed by atoms with Gasteiger partial charge in [-0.3, -0.25) is 14.9 Å². The zero-order chi connectivity index (χ0) is 27.2. The van der Waals surface area contributed by atoms with Crippen molar-refractivity contribution in [1.82, 2.24) is 20.4 Å². The summed E-state index contributed by atoms with van der Waals surface area (Å²) in [5.74, 6) is -0.851. The van der Waals surface area contributed by atoms with E-state index in [2.05, 4.69) is 15.6 Å². The smallest absolute Gasteiger partial charge is 0.344 e. The fraction of sp³-hybridized carbons (Fsp3) is 0.565. The molecule has 2 N–H and O–H groups in total.